The largest absolute Gasteiger partial charge is 0.310 e. The van der Waals surface area contributed by atoms with Crippen LogP contribution in [0, 0.1) is 0 Å². The fraction of sp³-hybridized carbons (Fsp3) is 0. The second-order valence-electron chi connectivity index (χ2n) is 13.4. The molecule has 0 saturated heterocycles. The van der Waals surface area contributed by atoms with E-state index < -0.39 is 0 Å². The molecule has 3 aromatic heterocycles. The van der Waals surface area contributed by atoms with E-state index in [4.69, 9.17) is 0 Å². The molecule has 238 valence electrons. The van der Waals surface area contributed by atoms with Crippen LogP contribution in [0.25, 0.3) is 80.5 Å². The zero-order valence-corrected chi connectivity index (χ0v) is 28.4. The van der Waals surface area contributed by atoms with Gasteiger partial charge < -0.3 is 9.30 Å². The van der Waals surface area contributed by atoms with Gasteiger partial charge >= 0.3 is 0 Å². The Morgan fingerprint density at radius 1 is 0.333 bits per heavy atom. The number of aromatic nitrogens is 1. The van der Waals surface area contributed by atoms with E-state index in [1.807, 2.05) is 11.3 Å². The molecule has 11 aromatic rings. The summed E-state index contributed by atoms with van der Waals surface area (Å²) in [6, 6.07) is 66.6. The Bertz CT molecular complexity index is 3060. The first-order chi connectivity index (χ1) is 25.3. The van der Waals surface area contributed by atoms with Crippen LogP contribution in [0.5, 0.6) is 0 Å². The summed E-state index contributed by atoms with van der Waals surface area (Å²) in [5.74, 6) is 0. The number of hydrogen-bond donors (Lipinski definition) is 0. The molecule has 0 aliphatic rings. The first-order valence-corrected chi connectivity index (χ1v) is 18.2. The van der Waals surface area contributed by atoms with Gasteiger partial charge in [-0.25, -0.2) is 0 Å². The third-order valence-corrected chi connectivity index (χ3v) is 11.7. The topological polar surface area (TPSA) is 7.65 Å². The maximum absolute atomic E-state index is 2.44. The first kappa shape index (κ1) is 28.4. The van der Waals surface area contributed by atoms with Crippen LogP contribution in [-0.2, 0) is 0 Å². The van der Waals surface area contributed by atoms with E-state index in [0.717, 1.165) is 17.1 Å². The highest BCUT2D eigenvalue weighted by Gasteiger charge is 2.20. The lowest BCUT2D eigenvalue weighted by Crippen LogP contribution is -2.09. The van der Waals surface area contributed by atoms with Crippen molar-refractivity contribution in [1.82, 2.24) is 4.40 Å². The van der Waals surface area contributed by atoms with E-state index in [1.54, 1.807) is 0 Å². The van der Waals surface area contributed by atoms with Crippen molar-refractivity contribution < 1.29 is 0 Å². The molecule has 0 saturated carbocycles. The predicted octanol–water partition coefficient (Wildman–Crippen LogP) is 14.0. The number of rotatable bonds is 5. The Hall–Kier alpha value is -6.42. The van der Waals surface area contributed by atoms with Crippen molar-refractivity contribution in [2.24, 2.45) is 0 Å². The normalized spacial score (nSPS) is 11.9. The molecule has 3 heterocycles. The molecule has 0 spiro atoms. The van der Waals surface area contributed by atoms with Crippen molar-refractivity contribution >= 4 is 86.7 Å². The second kappa shape index (κ2) is 11.0. The van der Waals surface area contributed by atoms with Gasteiger partial charge in [0, 0.05) is 58.8 Å². The Balaban J connectivity index is 1.05. The summed E-state index contributed by atoms with van der Waals surface area (Å²) >= 11 is 1.87. The van der Waals surface area contributed by atoms with Crippen LogP contribution >= 0.6 is 11.3 Å². The highest BCUT2D eigenvalue weighted by atomic mass is 32.1. The summed E-state index contributed by atoms with van der Waals surface area (Å²) in [6.07, 6.45) is 0. The second-order valence-corrected chi connectivity index (χ2v) is 14.4. The lowest BCUT2D eigenvalue weighted by Gasteiger charge is -2.26. The minimum atomic E-state index is 1.12. The molecule has 3 heteroatoms. The fourth-order valence-corrected chi connectivity index (χ4v) is 9.29. The molecule has 2 nitrogen and oxygen atoms in total. The van der Waals surface area contributed by atoms with Crippen molar-refractivity contribution in [2.45, 2.75) is 0 Å². The van der Waals surface area contributed by atoms with Gasteiger partial charge in [-0.2, -0.15) is 0 Å². The summed E-state index contributed by atoms with van der Waals surface area (Å²) in [5.41, 5.74) is 12.0. The minimum absolute atomic E-state index is 1.12. The first-order valence-electron chi connectivity index (χ1n) is 17.4. The average molecular weight is 667 g/mol. The molecular formula is C48H30N2S. The predicted molar refractivity (Wildman–Crippen MR) is 220 cm³/mol. The van der Waals surface area contributed by atoms with E-state index in [-0.39, 0.29) is 0 Å². The van der Waals surface area contributed by atoms with Crippen LogP contribution in [-0.4, -0.2) is 4.40 Å². The maximum Gasteiger partial charge on any atom is 0.0620 e. The minimum Gasteiger partial charge on any atom is -0.310 e. The summed E-state index contributed by atoms with van der Waals surface area (Å²) < 4.78 is 5.10. The quantitative estimate of drug-likeness (QED) is 0.177. The molecule has 0 bridgehead atoms. The molecule has 8 aromatic carbocycles. The Morgan fingerprint density at radius 2 is 0.882 bits per heavy atom. The van der Waals surface area contributed by atoms with Crippen molar-refractivity contribution in [1.29, 1.82) is 0 Å². The molecule has 51 heavy (non-hydrogen) atoms. The Labute approximate surface area is 299 Å². The molecule has 0 fully saturated rings. The van der Waals surface area contributed by atoms with E-state index in [0.29, 0.717) is 0 Å². The van der Waals surface area contributed by atoms with Gasteiger partial charge in [-0.3, -0.25) is 0 Å². The van der Waals surface area contributed by atoms with Gasteiger partial charge in [0.2, 0.25) is 0 Å². The smallest absolute Gasteiger partial charge is 0.0620 e. The standard InChI is InChI=1S/C48H30N2S/c1-2-9-31(10-3-1)32-17-22-35(23-18-32)49(36-24-19-33(20-25-36)34-21-27-40-39-12-5-7-16-46(39)51-47(40)29-34)37-26-28-45-43(30-37)42-14-8-13-41-38-11-4-6-15-44(38)50(45)48(41)42/h1-30H. The number of benzene rings is 8. The molecule has 0 N–H and O–H groups in total. The van der Waals surface area contributed by atoms with Gasteiger partial charge in [-0.1, -0.05) is 121 Å². The van der Waals surface area contributed by atoms with Crippen LogP contribution in [0.3, 0.4) is 0 Å². The highest BCUT2D eigenvalue weighted by molar-refractivity contribution is 7.25. The van der Waals surface area contributed by atoms with Crippen LogP contribution in [0.2, 0.25) is 0 Å². The van der Waals surface area contributed by atoms with Crippen molar-refractivity contribution in [2.75, 3.05) is 4.90 Å². The molecule has 0 radical (unpaired) electrons. The van der Waals surface area contributed by atoms with Gasteiger partial charge in [-0.15, -0.1) is 11.3 Å². The molecule has 0 unspecified atom stereocenters. The lowest BCUT2D eigenvalue weighted by atomic mass is 10.0. The molecule has 0 amide bonds. The van der Waals surface area contributed by atoms with Gasteiger partial charge in [0.25, 0.3) is 0 Å². The summed E-state index contributed by atoms with van der Waals surface area (Å²) in [5, 5.41) is 7.81. The number of nitrogens with zero attached hydrogens (tertiary/aromatic N) is 2. The Kier molecular flexibility index (Phi) is 6.16. The van der Waals surface area contributed by atoms with Crippen molar-refractivity contribution in [3.63, 3.8) is 0 Å². The molecular weight excluding hydrogens is 637 g/mol. The average Bonchev–Trinajstić information content (AvgIpc) is 3.86. The monoisotopic (exact) mass is 666 g/mol. The third kappa shape index (κ3) is 4.35. The van der Waals surface area contributed by atoms with Crippen molar-refractivity contribution in [3.8, 4) is 22.3 Å². The van der Waals surface area contributed by atoms with Crippen LogP contribution in [0.15, 0.2) is 182 Å². The van der Waals surface area contributed by atoms with Crippen LogP contribution in [0.4, 0.5) is 17.1 Å². The van der Waals surface area contributed by atoms with E-state index in [1.165, 1.54) is 80.5 Å². The molecule has 11 rings (SSSR count). The molecule has 0 aliphatic heterocycles. The number of fused-ring (bicyclic) bond motifs is 9. The summed E-state index contributed by atoms with van der Waals surface area (Å²) in [4.78, 5) is 2.39. The number of hydrogen-bond acceptors (Lipinski definition) is 2. The number of para-hydroxylation sites is 2. The van der Waals surface area contributed by atoms with Gasteiger partial charge in [0.1, 0.15) is 0 Å². The van der Waals surface area contributed by atoms with Gasteiger partial charge in [0.15, 0.2) is 0 Å². The van der Waals surface area contributed by atoms with Gasteiger partial charge in [0.05, 0.1) is 16.6 Å². The number of anilines is 3. The summed E-state index contributed by atoms with van der Waals surface area (Å²) in [7, 11) is 0. The van der Waals surface area contributed by atoms with Crippen LogP contribution < -0.4 is 4.90 Å². The van der Waals surface area contributed by atoms with E-state index in [2.05, 4.69) is 191 Å². The van der Waals surface area contributed by atoms with Crippen LogP contribution in [0.1, 0.15) is 0 Å². The summed E-state index contributed by atoms with van der Waals surface area (Å²) in [6.45, 7) is 0. The van der Waals surface area contributed by atoms with Crippen molar-refractivity contribution in [3.05, 3.63) is 182 Å². The van der Waals surface area contributed by atoms with Gasteiger partial charge in [-0.05, 0) is 82.9 Å². The fourth-order valence-electron chi connectivity index (χ4n) is 8.15. The number of thiophene rings is 1. The van der Waals surface area contributed by atoms with E-state index in [9.17, 15) is 0 Å². The maximum atomic E-state index is 2.44. The molecule has 0 atom stereocenters. The van der Waals surface area contributed by atoms with E-state index >= 15 is 0 Å². The zero-order chi connectivity index (χ0) is 33.5. The Morgan fingerprint density at radius 3 is 1.67 bits per heavy atom. The molecule has 0 aliphatic carbocycles. The zero-order valence-electron chi connectivity index (χ0n) is 27.6. The lowest BCUT2D eigenvalue weighted by molar-refractivity contribution is 1.29. The highest BCUT2D eigenvalue weighted by Crippen LogP contribution is 2.43. The third-order valence-electron chi connectivity index (χ3n) is 10.5. The SMILES string of the molecule is c1ccc(-c2ccc(N(c3ccc(-c4ccc5c(c4)sc4ccccc45)cc3)c3ccc4c(c3)c3cccc5c6ccccc6n4c53)cc2)cc1.